The van der Waals surface area contributed by atoms with Crippen LogP contribution in [0.4, 0.5) is 5.69 Å². The summed E-state index contributed by atoms with van der Waals surface area (Å²) in [5.74, 6) is -0.132. The van der Waals surface area contributed by atoms with Crippen molar-refractivity contribution in [3.8, 4) is 5.69 Å². The van der Waals surface area contributed by atoms with Gasteiger partial charge in [-0.2, -0.15) is 0 Å². The standard InChI is InChI=1S/C12H14N6O/c13-12(5-2-6-12)11(19)15-9-3-1-4-10(7-9)18-8-14-16-17-18/h1,3-4,7-8H,2,5-6,13H2,(H,15,19). The van der Waals surface area contributed by atoms with Crippen molar-refractivity contribution in [3.05, 3.63) is 30.6 Å². The normalized spacial score (nSPS) is 16.7. The lowest BCUT2D eigenvalue weighted by molar-refractivity contribution is -0.123. The molecule has 0 saturated heterocycles. The fourth-order valence-corrected chi connectivity index (χ4v) is 2.05. The highest BCUT2D eigenvalue weighted by Crippen LogP contribution is 2.30. The van der Waals surface area contributed by atoms with Crippen molar-refractivity contribution in [2.75, 3.05) is 5.32 Å². The molecule has 19 heavy (non-hydrogen) atoms. The number of nitrogens with one attached hydrogen (secondary N) is 1. The SMILES string of the molecule is NC1(C(=O)Nc2cccc(-n3cnnn3)c2)CCC1. The largest absolute Gasteiger partial charge is 0.324 e. The van der Waals surface area contributed by atoms with Gasteiger partial charge >= 0.3 is 0 Å². The van der Waals surface area contributed by atoms with Gasteiger partial charge < -0.3 is 11.1 Å². The second-order valence-corrected chi connectivity index (χ2v) is 4.77. The lowest BCUT2D eigenvalue weighted by atomic mass is 9.77. The van der Waals surface area contributed by atoms with Gasteiger partial charge in [-0.3, -0.25) is 4.79 Å². The number of nitrogens with two attached hydrogens (primary N) is 1. The highest BCUT2D eigenvalue weighted by Gasteiger charge is 2.40. The number of carbonyl (C=O) groups is 1. The predicted octanol–water partition coefficient (Wildman–Crippen LogP) is 0.482. The molecule has 1 aliphatic carbocycles. The van der Waals surface area contributed by atoms with Crippen molar-refractivity contribution in [2.24, 2.45) is 5.73 Å². The van der Waals surface area contributed by atoms with E-state index in [0.717, 1.165) is 24.9 Å². The van der Waals surface area contributed by atoms with Crippen LogP contribution in [0.1, 0.15) is 19.3 Å². The van der Waals surface area contributed by atoms with E-state index in [2.05, 4.69) is 20.8 Å². The lowest BCUT2D eigenvalue weighted by Crippen LogP contribution is -2.56. The van der Waals surface area contributed by atoms with Crippen LogP contribution in [0.3, 0.4) is 0 Å². The molecule has 1 aromatic heterocycles. The lowest BCUT2D eigenvalue weighted by Gasteiger charge is -2.36. The number of amides is 1. The predicted molar refractivity (Wildman–Crippen MR) is 68.6 cm³/mol. The first-order valence-electron chi connectivity index (χ1n) is 6.11. The Kier molecular flexibility index (Phi) is 2.75. The molecule has 0 bridgehead atoms. The highest BCUT2D eigenvalue weighted by molar-refractivity contribution is 5.98. The molecule has 0 aliphatic heterocycles. The first kappa shape index (κ1) is 11.8. The summed E-state index contributed by atoms with van der Waals surface area (Å²) >= 11 is 0. The summed E-state index contributed by atoms with van der Waals surface area (Å²) in [7, 11) is 0. The van der Waals surface area contributed by atoms with Gasteiger partial charge in [-0.05, 0) is 47.9 Å². The minimum Gasteiger partial charge on any atom is -0.324 e. The maximum absolute atomic E-state index is 12.0. The summed E-state index contributed by atoms with van der Waals surface area (Å²) in [6.45, 7) is 0. The number of carbonyl (C=O) groups excluding carboxylic acids is 1. The van der Waals surface area contributed by atoms with Crippen molar-refractivity contribution in [2.45, 2.75) is 24.8 Å². The molecule has 0 spiro atoms. The van der Waals surface area contributed by atoms with E-state index in [-0.39, 0.29) is 5.91 Å². The number of anilines is 1. The van der Waals surface area contributed by atoms with Crippen molar-refractivity contribution >= 4 is 11.6 Å². The summed E-state index contributed by atoms with van der Waals surface area (Å²) in [5, 5.41) is 13.8. The molecule has 1 amide bonds. The summed E-state index contributed by atoms with van der Waals surface area (Å²) < 4.78 is 1.53. The van der Waals surface area contributed by atoms with Crippen LogP contribution >= 0.6 is 0 Å². The zero-order chi connectivity index (χ0) is 13.3. The van der Waals surface area contributed by atoms with Gasteiger partial charge in [0.05, 0.1) is 11.2 Å². The van der Waals surface area contributed by atoms with E-state index in [4.69, 9.17) is 5.73 Å². The maximum atomic E-state index is 12.0. The monoisotopic (exact) mass is 258 g/mol. The maximum Gasteiger partial charge on any atom is 0.244 e. The summed E-state index contributed by atoms with van der Waals surface area (Å²) in [4.78, 5) is 12.0. The van der Waals surface area contributed by atoms with Gasteiger partial charge in [0.25, 0.3) is 0 Å². The third kappa shape index (κ3) is 2.19. The Morgan fingerprint density at radius 2 is 2.26 bits per heavy atom. The summed E-state index contributed by atoms with van der Waals surface area (Å²) in [6, 6.07) is 7.30. The molecule has 1 heterocycles. The number of benzene rings is 1. The number of aromatic nitrogens is 4. The molecule has 3 N–H and O–H groups in total. The molecular weight excluding hydrogens is 244 g/mol. The van der Waals surface area contributed by atoms with E-state index in [0.29, 0.717) is 5.69 Å². The Bertz CT molecular complexity index is 590. The van der Waals surface area contributed by atoms with Gasteiger partial charge in [0.15, 0.2) is 0 Å². The van der Waals surface area contributed by atoms with Crippen molar-refractivity contribution in [1.82, 2.24) is 20.2 Å². The van der Waals surface area contributed by atoms with E-state index >= 15 is 0 Å². The van der Waals surface area contributed by atoms with Crippen LogP contribution in [0, 0.1) is 0 Å². The van der Waals surface area contributed by atoms with Crippen molar-refractivity contribution < 1.29 is 4.79 Å². The topological polar surface area (TPSA) is 98.7 Å². The van der Waals surface area contributed by atoms with Crippen molar-refractivity contribution in [1.29, 1.82) is 0 Å². The van der Waals surface area contributed by atoms with E-state index in [1.54, 1.807) is 6.07 Å². The Hall–Kier alpha value is -2.28. The average molecular weight is 258 g/mol. The fraction of sp³-hybridized carbons (Fsp3) is 0.333. The van der Waals surface area contributed by atoms with Gasteiger partial charge in [-0.1, -0.05) is 6.07 Å². The number of rotatable bonds is 3. The average Bonchev–Trinajstić information content (AvgIpc) is 2.90. The molecule has 1 aromatic carbocycles. The van der Waals surface area contributed by atoms with Gasteiger partial charge in [0.2, 0.25) is 5.91 Å². The zero-order valence-corrected chi connectivity index (χ0v) is 10.3. The van der Waals surface area contributed by atoms with E-state index < -0.39 is 5.54 Å². The molecular formula is C12H14N6O. The Morgan fingerprint density at radius 3 is 2.89 bits per heavy atom. The third-order valence-corrected chi connectivity index (χ3v) is 3.42. The molecule has 0 unspecified atom stereocenters. The Balaban J connectivity index is 1.78. The molecule has 7 nitrogen and oxygen atoms in total. The van der Waals surface area contributed by atoms with Gasteiger partial charge in [0.1, 0.15) is 6.33 Å². The van der Waals surface area contributed by atoms with Crippen LogP contribution in [0.25, 0.3) is 5.69 Å². The van der Waals surface area contributed by atoms with E-state index in [1.807, 2.05) is 18.2 Å². The minimum absolute atomic E-state index is 0.132. The first-order valence-corrected chi connectivity index (χ1v) is 6.11. The molecule has 0 radical (unpaired) electrons. The molecule has 0 atom stereocenters. The van der Waals surface area contributed by atoms with Crippen LogP contribution < -0.4 is 11.1 Å². The second kappa shape index (κ2) is 4.43. The van der Waals surface area contributed by atoms with Crippen LogP contribution in [0.2, 0.25) is 0 Å². The number of nitrogens with zero attached hydrogens (tertiary/aromatic N) is 4. The van der Waals surface area contributed by atoms with Crippen LogP contribution in [0.15, 0.2) is 30.6 Å². The smallest absolute Gasteiger partial charge is 0.244 e. The highest BCUT2D eigenvalue weighted by atomic mass is 16.2. The molecule has 1 saturated carbocycles. The van der Waals surface area contributed by atoms with Crippen LogP contribution in [-0.4, -0.2) is 31.7 Å². The Morgan fingerprint density at radius 1 is 1.42 bits per heavy atom. The molecule has 1 fully saturated rings. The molecule has 98 valence electrons. The molecule has 7 heteroatoms. The Labute approximate surface area is 109 Å². The zero-order valence-electron chi connectivity index (χ0n) is 10.3. The van der Waals surface area contributed by atoms with E-state index in [1.165, 1.54) is 11.0 Å². The fourth-order valence-electron chi connectivity index (χ4n) is 2.05. The summed E-state index contributed by atoms with van der Waals surface area (Å²) in [5.41, 5.74) is 6.74. The summed E-state index contributed by atoms with van der Waals surface area (Å²) in [6.07, 6.45) is 3.99. The second-order valence-electron chi connectivity index (χ2n) is 4.77. The van der Waals surface area contributed by atoms with Crippen LogP contribution in [0.5, 0.6) is 0 Å². The van der Waals surface area contributed by atoms with E-state index in [9.17, 15) is 4.79 Å². The van der Waals surface area contributed by atoms with Gasteiger partial charge in [-0.25, -0.2) is 4.68 Å². The third-order valence-electron chi connectivity index (χ3n) is 3.42. The number of hydrogen-bond acceptors (Lipinski definition) is 5. The molecule has 3 rings (SSSR count). The number of hydrogen-bond donors (Lipinski definition) is 2. The van der Waals surface area contributed by atoms with Gasteiger partial charge in [0, 0.05) is 5.69 Å². The van der Waals surface area contributed by atoms with Crippen LogP contribution in [-0.2, 0) is 4.79 Å². The number of tetrazole rings is 1. The molecule has 1 aliphatic rings. The quantitative estimate of drug-likeness (QED) is 0.834. The van der Waals surface area contributed by atoms with Gasteiger partial charge in [-0.15, -0.1) is 5.10 Å². The minimum atomic E-state index is -0.704. The first-order chi connectivity index (χ1) is 9.17. The molecule has 2 aromatic rings. The van der Waals surface area contributed by atoms with Crippen molar-refractivity contribution in [3.63, 3.8) is 0 Å².